The third kappa shape index (κ3) is 5.14. The molecule has 1 aromatic heterocycles. The van der Waals surface area contributed by atoms with E-state index in [1.165, 1.54) is 5.56 Å². The van der Waals surface area contributed by atoms with Gasteiger partial charge in [0.15, 0.2) is 6.10 Å². The van der Waals surface area contributed by atoms with Gasteiger partial charge in [-0.05, 0) is 37.1 Å². The third-order valence-electron chi connectivity index (χ3n) is 5.44. The van der Waals surface area contributed by atoms with Crippen molar-refractivity contribution in [1.82, 2.24) is 0 Å². The number of ether oxygens (including phenoxy) is 2. The molecule has 5 nitrogen and oxygen atoms in total. The molecule has 0 radical (unpaired) electrons. The van der Waals surface area contributed by atoms with Crippen LogP contribution in [0.25, 0.3) is 11.0 Å². The molecular formula is C28H26O5. The highest BCUT2D eigenvalue weighted by atomic mass is 16.6. The van der Waals surface area contributed by atoms with Crippen LogP contribution in [0.5, 0.6) is 5.75 Å². The van der Waals surface area contributed by atoms with Crippen LogP contribution in [-0.2, 0) is 17.8 Å². The van der Waals surface area contributed by atoms with E-state index in [0.29, 0.717) is 22.5 Å². The molecule has 0 bridgehead atoms. The molecule has 4 aromatic rings. The third-order valence-corrected chi connectivity index (χ3v) is 5.44. The summed E-state index contributed by atoms with van der Waals surface area (Å²) in [5.41, 5.74) is 2.82. The number of carbonyl (C=O) groups excluding carboxylic acids is 2. The molecule has 0 aliphatic heterocycles. The molecule has 3 aromatic carbocycles. The van der Waals surface area contributed by atoms with Crippen LogP contribution in [-0.4, -0.2) is 17.9 Å². The van der Waals surface area contributed by atoms with Crippen LogP contribution < -0.4 is 4.74 Å². The Morgan fingerprint density at radius 2 is 1.61 bits per heavy atom. The molecule has 0 spiro atoms. The van der Waals surface area contributed by atoms with Crippen molar-refractivity contribution in [2.24, 2.45) is 0 Å². The number of fused-ring (bicyclic) bond motifs is 1. The highest BCUT2D eigenvalue weighted by Gasteiger charge is 2.26. The number of benzene rings is 3. The smallest absolute Gasteiger partial charge is 0.375 e. The summed E-state index contributed by atoms with van der Waals surface area (Å²) in [6, 6.07) is 24.1. The van der Waals surface area contributed by atoms with Gasteiger partial charge in [-0.2, -0.15) is 0 Å². The maximum absolute atomic E-state index is 13.0. The number of hydrogen-bond acceptors (Lipinski definition) is 5. The zero-order valence-corrected chi connectivity index (χ0v) is 18.7. The Morgan fingerprint density at radius 1 is 0.909 bits per heavy atom. The topological polar surface area (TPSA) is 65.7 Å². The largest absolute Gasteiger partial charge is 0.489 e. The molecule has 0 unspecified atom stereocenters. The van der Waals surface area contributed by atoms with Gasteiger partial charge in [-0.3, -0.25) is 4.79 Å². The quantitative estimate of drug-likeness (QED) is 0.222. The molecule has 168 valence electrons. The van der Waals surface area contributed by atoms with E-state index in [4.69, 9.17) is 13.9 Å². The maximum Gasteiger partial charge on any atom is 0.375 e. The second-order valence-electron chi connectivity index (χ2n) is 7.87. The molecule has 1 heterocycles. The number of carbonyl (C=O) groups is 2. The van der Waals surface area contributed by atoms with Crippen LogP contribution in [0.4, 0.5) is 0 Å². The minimum Gasteiger partial charge on any atom is -0.489 e. The fourth-order valence-corrected chi connectivity index (χ4v) is 3.71. The van der Waals surface area contributed by atoms with Crippen LogP contribution in [0.3, 0.4) is 0 Å². The van der Waals surface area contributed by atoms with E-state index in [-0.39, 0.29) is 18.2 Å². The van der Waals surface area contributed by atoms with Crippen molar-refractivity contribution in [3.8, 4) is 5.75 Å². The first kappa shape index (κ1) is 22.3. The standard InChI is InChI=1S/C28H26O5/c1-3-9-20-14-16-21(17-15-20)26(29)19(2)32-28(30)27-24(18-31-22-10-5-4-6-11-22)23-12-7-8-13-25(23)33-27/h4-8,10-17,19H,3,9,18H2,1-2H3/t19-/m0/s1. The number of rotatable bonds is 9. The van der Waals surface area contributed by atoms with E-state index < -0.39 is 12.1 Å². The molecule has 1 atom stereocenters. The van der Waals surface area contributed by atoms with E-state index in [1.54, 1.807) is 25.1 Å². The first-order chi connectivity index (χ1) is 16.1. The summed E-state index contributed by atoms with van der Waals surface area (Å²) in [7, 11) is 0. The van der Waals surface area contributed by atoms with Gasteiger partial charge >= 0.3 is 5.97 Å². The predicted octanol–water partition coefficient (Wildman–Crippen LogP) is 6.39. The van der Waals surface area contributed by atoms with E-state index in [0.717, 1.165) is 18.2 Å². The molecule has 5 heteroatoms. The molecule has 0 N–H and O–H groups in total. The molecule has 4 rings (SSSR count). The molecule has 33 heavy (non-hydrogen) atoms. The first-order valence-corrected chi connectivity index (χ1v) is 11.1. The second kappa shape index (κ2) is 10.2. The Morgan fingerprint density at radius 3 is 2.33 bits per heavy atom. The Hall–Kier alpha value is -3.86. The summed E-state index contributed by atoms with van der Waals surface area (Å²) in [4.78, 5) is 25.8. The SMILES string of the molecule is CCCc1ccc(C(=O)[C@H](C)OC(=O)c2oc3ccccc3c2COc2ccccc2)cc1. The second-order valence-corrected chi connectivity index (χ2v) is 7.87. The van der Waals surface area contributed by atoms with Crippen molar-refractivity contribution in [3.05, 3.63) is 101 Å². The maximum atomic E-state index is 13.0. The molecule has 0 amide bonds. The molecule has 0 aliphatic rings. The van der Waals surface area contributed by atoms with Crippen molar-refractivity contribution in [3.63, 3.8) is 0 Å². The van der Waals surface area contributed by atoms with Crippen molar-refractivity contribution >= 4 is 22.7 Å². The number of furan rings is 1. The molecule has 0 aliphatic carbocycles. The van der Waals surface area contributed by atoms with Crippen LogP contribution in [0.15, 0.2) is 83.3 Å². The lowest BCUT2D eigenvalue weighted by molar-refractivity contribution is 0.0288. The summed E-state index contributed by atoms with van der Waals surface area (Å²) in [6.45, 7) is 3.81. The summed E-state index contributed by atoms with van der Waals surface area (Å²) < 4.78 is 17.2. The van der Waals surface area contributed by atoms with Crippen molar-refractivity contribution in [2.75, 3.05) is 0 Å². The van der Waals surface area contributed by atoms with Crippen LogP contribution >= 0.6 is 0 Å². The normalized spacial score (nSPS) is 11.8. The minimum atomic E-state index is -0.953. The fourth-order valence-electron chi connectivity index (χ4n) is 3.71. The number of Topliss-reactive ketones (excluding diaryl/α,β-unsaturated/α-hetero) is 1. The molecule has 0 saturated carbocycles. The van der Waals surface area contributed by atoms with Crippen molar-refractivity contribution < 1.29 is 23.5 Å². The zero-order valence-electron chi connectivity index (χ0n) is 18.7. The van der Waals surface area contributed by atoms with Crippen molar-refractivity contribution in [1.29, 1.82) is 0 Å². The Balaban J connectivity index is 1.52. The Labute approximate surface area is 192 Å². The average Bonchev–Trinajstić information content (AvgIpc) is 3.22. The number of ketones is 1. The average molecular weight is 443 g/mol. The van der Waals surface area contributed by atoms with E-state index in [1.807, 2.05) is 60.7 Å². The first-order valence-electron chi connectivity index (χ1n) is 11.1. The summed E-state index contributed by atoms with van der Waals surface area (Å²) >= 11 is 0. The number of aryl methyl sites for hydroxylation is 1. The predicted molar refractivity (Wildman–Crippen MR) is 127 cm³/mol. The zero-order chi connectivity index (χ0) is 23.2. The lowest BCUT2D eigenvalue weighted by atomic mass is 10.0. The van der Waals surface area contributed by atoms with Gasteiger partial charge in [0.25, 0.3) is 0 Å². The van der Waals surface area contributed by atoms with Gasteiger partial charge < -0.3 is 13.9 Å². The molecular weight excluding hydrogens is 416 g/mol. The monoisotopic (exact) mass is 442 g/mol. The molecule has 0 saturated heterocycles. The van der Waals surface area contributed by atoms with Gasteiger partial charge in [0.2, 0.25) is 11.5 Å². The van der Waals surface area contributed by atoms with Gasteiger partial charge in [0, 0.05) is 10.9 Å². The van der Waals surface area contributed by atoms with E-state index >= 15 is 0 Å². The minimum absolute atomic E-state index is 0.0464. The number of para-hydroxylation sites is 2. The number of hydrogen-bond donors (Lipinski definition) is 0. The summed E-state index contributed by atoms with van der Waals surface area (Å²) in [6.07, 6.45) is 1.04. The Kier molecular flexibility index (Phi) is 6.89. The highest BCUT2D eigenvalue weighted by molar-refractivity contribution is 6.02. The van der Waals surface area contributed by atoms with Crippen LogP contribution in [0.1, 0.15) is 52.3 Å². The van der Waals surface area contributed by atoms with Gasteiger partial charge in [0.1, 0.15) is 17.9 Å². The van der Waals surface area contributed by atoms with Gasteiger partial charge in [-0.25, -0.2) is 4.79 Å². The summed E-state index contributed by atoms with van der Waals surface area (Å²) in [5.74, 6) is -0.229. The van der Waals surface area contributed by atoms with Crippen LogP contribution in [0.2, 0.25) is 0 Å². The van der Waals surface area contributed by atoms with Gasteiger partial charge in [-0.1, -0.05) is 74.0 Å². The number of esters is 1. The highest BCUT2D eigenvalue weighted by Crippen LogP contribution is 2.28. The van der Waals surface area contributed by atoms with Crippen molar-refractivity contribution in [2.45, 2.75) is 39.4 Å². The van der Waals surface area contributed by atoms with Crippen LogP contribution in [0, 0.1) is 0 Å². The summed E-state index contributed by atoms with van der Waals surface area (Å²) in [5, 5.41) is 0.769. The Bertz CT molecular complexity index is 1240. The fraction of sp³-hybridized carbons (Fsp3) is 0.214. The van der Waals surface area contributed by atoms with Gasteiger partial charge in [0.05, 0.1) is 5.56 Å². The molecule has 0 fully saturated rings. The lowest BCUT2D eigenvalue weighted by Crippen LogP contribution is -2.24. The lowest BCUT2D eigenvalue weighted by Gasteiger charge is -2.13. The van der Waals surface area contributed by atoms with Gasteiger partial charge in [-0.15, -0.1) is 0 Å². The van der Waals surface area contributed by atoms with E-state index in [2.05, 4.69) is 6.92 Å². The van der Waals surface area contributed by atoms with E-state index in [9.17, 15) is 9.59 Å².